The molecule has 23 heavy (non-hydrogen) atoms. The van der Waals surface area contributed by atoms with E-state index in [2.05, 4.69) is 0 Å². The fourth-order valence-corrected chi connectivity index (χ4v) is 1.94. The van der Waals surface area contributed by atoms with Crippen LogP contribution >= 0.6 is 0 Å². The largest absolute Gasteiger partial charge is 0.480 e. The number of aliphatic carboxylic acids is 3. The number of hydrogen-bond acceptors (Lipinski definition) is 6. The summed E-state index contributed by atoms with van der Waals surface area (Å²) in [5.41, 5.74) is 0. The van der Waals surface area contributed by atoms with E-state index in [1.165, 1.54) is 9.80 Å². The molecule has 0 aromatic heterocycles. The van der Waals surface area contributed by atoms with Gasteiger partial charge in [0, 0.05) is 40.3 Å². The average Bonchev–Trinajstić information content (AvgIpc) is 2.39. The van der Waals surface area contributed by atoms with E-state index >= 15 is 0 Å². The van der Waals surface area contributed by atoms with Crippen LogP contribution in [0.3, 0.4) is 0 Å². The Hall–Kier alpha value is -1.71. The maximum atomic E-state index is 11.2. The van der Waals surface area contributed by atoms with Crippen molar-refractivity contribution in [3.8, 4) is 0 Å². The van der Waals surface area contributed by atoms with Gasteiger partial charge in [-0.2, -0.15) is 0 Å². The molecule has 1 atom stereocenters. The van der Waals surface area contributed by atoms with Gasteiger partial charge in [0.05, 0.1) is 13.1 Å². The Labute approximate surface area is 136 Å². The van der Waals surface area contributed by atoms with E-state index in [9.17, 15) is 14.4 Å². The molecule has 0 heterocycles. The van der Waals surface area contributed by atoms with E-state index in [-0.39, 0.29) is 32.6 Å². The smallest absolute Gasteiger partial charge is 0.320 e. The van der Waals surface area contributed by atoms with Crippen LogP contribution in [0.1, 0.15) is 6.42 Å². The normalized spacial score (nSPS) is 12.8. The molecule has 0 saturated carbocycles. The van der Waals surface area contributed by atoms with Crippen LogP contribution in [-0.4, -0.2) is 93.2 Å². The molecule has 0 aliphatic carbocycles. The van der Waals surface area contributed by atoms with E-state index in [0.717, 1.165) is 4.90 Å². The Kier molecular flexibility index (Phi) is 10.1. The third-order valence-electron chi connectivity index (χ3n) is 3.02. The molecule has 1 unspecified atom stereocenters. The quantitative estimate of drug-likeness (QED) is 0.364. The minimum absolute atomic E-state index is 0.0392. The maximum absolute atomic E-state index is 11.2. The second-order valence-corrected chi connectivity index (χ2v) is 4.86. The van der Waals surface area contributed by atoms with Crippen LogP contribution in [0.25, 0.3) is 0 Å². The van der Waals surface area contributed by atoms with Crippen molar-refractivity contribution in [3.63, 3.8) is 0 Å². The highest BCUT2D eigenvalue weighted by Crippen LogP contribution is 2.06. The van der Waals surface area contributed by atoms with Crippen molar-refractivity contribution in [3.05, 3.63) is 21.0 Å². The van der Waals surface area contributed by atoms with Gasteiger partial charge in [-0.3, -0.25) is 29.1 Å². The molecule has 0 amide bonds. The summed E-state index contributed by atoms with van der Waals surface area (Å²) in [6.07, 6.45) is -0.164. The second-order valence-electron chi connectivity index (χ2n) is 4.86. The lowest BCUT2D eigenvalue weighted by Crippen LogP contribution is -2.48. The first-order valence-corrected chi connectivity index (χ1v) is 6.77. The van der Waals surface area contributed by atoms with Crippen molar-refractivity contribution in [2.75, 3.05) is 39.3 Å². The van der Waals surface area contributed by atoms with Crippen molar-refractivity contribution >= 4 is 17.9 Å². The van der Waals surface area contributed by atoms with Gasteiger partial charge in [0.1, 0.15) is 6.04 Å². The van der Waals surface area contributed by atoms with E-state index in [1.807, 2.05) is 0 Å². The van der Waals surface area contributed by atoms with Gasteiger partial charge in [0.25, 0.3) is 0 Å². The third kappa shape index (κ3) is 9.82. The molecule has 0 aliphatic heterocycles. The highest BCUT2D eigenvalue weighted by Gasteiger charge is 2.25. The molecule has 3 N–H and O–H groups in total. The van der Waals surface area contributed by atoms with Crippen LogP contribution in [0.4, 0.5) is 0 Å². The van der Waals surface area contributed by atoms with E-state index in [1.54, 1.807) is 0 Å². The van der Waals surface area contributed by atoms with E-state index in [4.69, 9.17) is 36.3 Å². The zero-order chi connectivity index (χ0) is 18.0. The lowest BCUT2D eigenvalue weighted by Gasteiger charge is -2.31. The van der Waals surface area contributed by atoms with E-state index in [0.29, 0.717) is 0 Å². The molecule has 0 rings (SSSR count). The molecule has 128 valence electrons. The van der Waals surface area contributed by atoms with Crippen molar-refractivity contribution < 1.29 is 29.7 Å². The molecule has 9 nitrogen and oxygen atoms in total. The lowest BCUT2D eigenvalue weighted by molar-refractivity contribution is -0.145. The number of rotatable bonds is 13. The third-order valence-corrected chi connectivity index (χ3v) is 3.02. The van der Waals surface area contributed by atoms with Gasteiger partial charge in [-0.1, -0.05) is 0 Å². The van der Waals surface area contributed by atoms with Crippen molar-refractivity contribution in [2.24, 2.45) is 0 Å². The van der Waals surface area contributed by atoms with Crippen LogP contribution in [0.5, 0.6) is 0 Å². The fourth-order valence-electron chi connectivity index (χ4n) is 1.94. The Balaban J connectivity index is 4.84. The predicted octanol–water partition coefficient (Wildman–Crippen LogP) is -1.05. The zero-order valence-corrected chi connectivity index (χ0v) is 12.7. The highest BCUT2D eigenvalue weighted by atomic mass is 16.4. The van der Waals surface area contributed by atoms with Crippen LogP contribution in [0, 0.1) is 21.0 Å². The summed E-state index contributed by atoms with van der Waals surface area (Å²) in [6.45, 7) is 4.97. The highest BCUT2D eigenvalue weighted by molar-refractivity contribution is 5.73. The fraction of sp³-hybridized carbons (Fsp3) is 0.571. The molecular weight excluding hydrogens is 306 g/mol. The Morgan fingerprint density at radius 2 is 1.35 bits per heavy atom. The first-order chi connectivity index (χ1) is 10.7. The van der Waals surface area contributed by atoms with Gasteiger partial charge in [0.2, 0.25) is 0 Å². The summed E-state index contributed by atoms with van der Waals surface area (Å²) in [7, 11) is 10.6. The monoisotopic (exact) mass is 327 g/mol. The van der Waals surface area contributed by atoms with Crippen LogP contribution in [0.2, 0.25) is 0 Å². The topological polar surface area (TPSA) is 122 Å². The second kappa shape index (κ2) is 10.9. The van der Waals surface area contributed by atoms with E-state index < -0.39 is 37.0 Å². The van der Waals surface area contributed by atoms with Crippen molar-refractivity contribution in [1.29, 1.82) is 0 Å². The summed E-state index contributed by atoms with van der Waals surface area (Å²) >= 11 is 0. The number of carboxylic acid groups (broad SMARTS) is 3. The van der Waals surface area contributed by atoms with Crippen LogP contribution in [0.15, 0.2) is 0 Å². The standard InChI is InChI=1S/C14H21N3O6/c1-4-11(14(22)23)17(7-5-15(2)3)8-6-16(9-12(18)19)10-13(20)21/h1-3,11H,4-10H2,(H,18,19)(H,20,21)(H,22,23). The number of nitrogens with zero attached hydrogens (tertiary/aromatic N) is 3. The molecule has 0 aromatic carbocycles. The van der Waals surface area contributed by atoms with Crippen molar-refractivity contribution in [2.45, 2.75) is 12.5 Å². The number of carboxylic acids is 3. The minimum atomic E-state index is -1.18. The SMILES string of the molecule is [CH]CC(C(=O)O)N(CCN([CH])[CH])CCN(CC(=O)O)CC(=O)O. The Bertz CT molecular complexity index is 386. The van der Waals surface area contributed by atoms with Crippen LogP contribution < -0.4 is 0 Å². The average molecular weight is 327 g/mol. The number of hydrogen-bond donors (Lipinski definition) is 3. The summed E-state index contributed by atoms with van der Waals surface area (Å²) in [6, 6.07) is -1.01. The molecule has 9 heteroatoms. The molecule has 0 bridgehead atoms. The Morgan fingerprint density at radius 3 is 1.70 bits per heavy atom. The van der Waals surface area contributed by atoms with Gasteiger partial charge in [0.15, 0.2) is 0 Å². The van der Waals surface area contributed by atoms with Gasteiger partial charge in [-0.25, -0.2) is 0 Å². The minimum Gasteiger partial charge on any atom is -0.480 e. The Morgan fingerprint density at radius 1 is 0.870 bits per heavy atom. The van der Waals surface area contributed by atoms with Gasteiger partial charge < -0.3 is 15.3 Å². The first kappa shape index (κ1) is 21.3. The lowest BCUT2D eigenvalue weighted by atomic mass is 10.2. The molecule has 0 spiro atoms. The molecule has 6 radical (unpaired) electrons. The summed E-state index contributed by atoms with van der Waals surface area (Å²) in [5.74, 6) is -3.50. The molecule has 0 saturated heterocycles. The molecule has 0 aliphatic rings. The summed E-state index contributed by atoms with van der Waals surface area (Å²) in [4.78, 5) is 36.2. The van der Waals surface area contributed by atoms with Gasteiger partial charge in [-0.05, 0) is 13.3 Å². The molecule has 0 aromatic rings. The van der Waals surface area contributed by atoms with Gasteiger partial charge in [-0.15, -0.1) is 0 Å². The molecular formula is C14H21N3O6. The summed E-state index contributed by atoms with van der Waals surface area (Å²) in [5, 5.41) is 26.7. The first-order valence-electron chi connectivity index (χ1n) is 6.77. The maximum Gasteiger partial charge on any atom is 0.320 e. The van der Waals surface area contributed by atoms with Crippen molar-refractivity contribution in [1.82, 2.24) is 14.7 Å². The number of carbonyl (C=O) groups is 3. The van der Waals surface area contributed by atoms with Crippen LogP contribution in [-0.2, 0) is 14.4 Å². The zero-order valence-electron chi connectivity index (χ0n) is 12.7. The predicted molar refractivity (Wildman–Crippen MR) is 78.9 cm³/mol. The summed E-state index contributed by atoms with van der Waals surface area (Å²) < 4.78 is 0. The molecule has 0 fully saturated rings. The van der Waals surface area contributed by atoms with Gasteiger partial charge >= 0.3 is 17.9 Å².